The lowest BCUT2D eigenvalue weighted by molar-refractivity contribution is 0.0702. The molecular weight excluding hydrogens is 302 g/mol. The van der Waals surface area contributed by atoms with Crippen LogP contribution in [0, 0.1) is 6.92 Å². The second kappa shape index (κ2) is 7.16. The summed E-state index contributed by atoms with van der Waals surface area (Å²) in [6, 6.07) is 1.19. The van der Waals surface area contributed by atoms with E-state index in [4.69, 9.17) is 10.2 Å². The summed E-state index contributed by atoms with van der Waals surface area (Å²) in [5.74, 6) is -1.14. The fraction of sp³-hybridized carbons (Fsp3) is 0.583. The first-order chi connectivity index (χ1) is 9.34. The van der Waals surface area contributed by atoms with Crippen molar-refractivity contribution in [1.82, 2.24) is 4.31 Å². The van der Waals surface area contributed by atoms with Crippen molar-refractivity contribution in [3.05, 3.63) is 15.8 Å². The highest BCUT2D eigenvalue weighted by atomic mass is 32.2. The molecule has 1 rings (SSSR count). The number of carboxylic acids is 1. The molecule has 6 nitrogen and oxygen atoms in total. The highest BCUT2D eigenvalue weighted by Crippen LogP contribution is 2.28. The van der Waals surface area contributed by atoms with E-state index in [0.717, 1.165) is 17.8 Å². The van der Waals surface area contributed by atoms with Crippen LogP contribution in [0.3, 0.4) is 0 Å². The zero-order valence-corrected chi connectivity index (χ0v) is 13.1. The molecule has 0 aliphatic heterocycles. The number of rotatable bonds is 8. The predicted molar refractivity (Wildman–Crippen MR) is 76.8 cm³/mol. The van der Waals surface area contributed by atoms with Gasteiger partial charge in [0.05, 0.1) is 11.5 Å². The first kappa shape index (κ1) is 17.1. The molecule has 20 heavy (non-hydrogen) atoms. The van der Waals surface area contributed by atoms with Crippen LogP contribution >= 0.6 is 11.3 Å². The van der Waals surface area contributed by atoms with Gasteiger partial charge in [-0.2, -0.15) is 4.31 Å². The lowest BCUT2D eigenvalue weighted by Crippen LogP contribution is -2.34. The van der Waals surface area contributed by atoms with Gasteiger partial charge in [0.25, 0.3) is 0 Å². The maximum absolute atomic E-state index is 12.5. The van der Waals surface area contributed by atoms with Crippen LogP contribution in [0.25, 0.3) is 0 Å². The number of hydrogen-bond donors (Lipinski definition) is 2. The Morgan fingerprint density at radius 1 is 1.40 bits per heavy atom. The summed E-state index contributed by atoms with van der Waals surface area (Å²) < 4.78 is 26.2. The van der Waals surface area contributed by atoms with Crippen molar-refractivity contribution in [1.29, 1.82) is 0 Å². The third kappa shape index (κ3) is 3.78. The summed E-state index contributed by atoms with van der Waals surface area (Å²) >= 11 is 0.941. The van der Waals surface area contributed by atoms with E-state index in [1.807, 2.05) is 6.92 Å². The van der Waals surface area contributed by atoms with E-state index in [2.05, 4.69) is 0 Å². The molecule has 0 amide bonds. The SMILES string of the molecule is CCCCN(CCO)S(=O)(=O)c1cc(C(=O)O)sc1C. The van der Waals surface area contributed by atoms with E-state index in [1.54, 1.807) is 6.92 Å². The normalized spacial score (nSPS) is 12.0. The van der Waals surface area contributed by atoms with Crippen LogP contribution in [-0.4, -0.2) is 48.6 Å². The first-order valence-electron chi connectivity index (χ1n) is 6.29. The predicted octanol–water partition coefficient (Wildman–Crippen LogP) is 1.54. The van der Waals surface area contributed by atoms with E-state index in [9.17, 15) is 13.2 Å². The molecule has 0 unspecified atom stereocenters. The first-order valence-corrected chi connectivity index (χ1v) is 8.55. The average molecular weight is 321 g/mol. The molecule has 1 aromatic heterocycles. The molecular formula is C12H19NO5S2. The number of carboxylic acid groups (broad SMARTS) is 1. The van der Waals surface area contributed by atoms with Crippen LogP contribution in [-0.2, 0) is 10.0 Å². The standard InChI is InChI=1S/C12H19NO5S2/c1-3-4-5-13(6-7-14)20(17,18)11-8-10(12(15)16)19-9(11)2/h8,14H,3-7H2,1-2H3,(H,15,16). The molecule has 0 radical (unpaired) electrons. The van der Waals surface area contributed by atoms with Gasteiger partial charge in [-0.1, -0.05) is 13.3 Å². The number of sulfonamides is 1. The fourth-order valence-electron chi connectivity index (χ4n) is 1.76. The largest absolute Gasteiger partial charge is 0.477 e. The Morgan fingerprint density at radius 3 is 2.50 bits per heavy atom. The number of aliphatic hydroxyl groups is 1. The molecule has 2 N–H and O–H groups in total. The Balaban J connectivity index is 3.15. The summed E-state index contributed by atoms with van der Waals surface area (Å²) in [5.41, 5.74) is 0. The topological polar surface area (TPSA) is 94.9 Å². The molecule has 0 atom stereocenters. The number of unbranched alkanes of at least 4 members (excludes halogenated alkanes) is 1. The minimum absolute atomic E-state index is 0.000477. The lowest BCUT2D eigenvalue weighted by atomic mass is 10.3. The van der Waals surface area contributed by atoms with Gasteiger partial charge >= 0.3 is 5.97 Å². The third-order valence-electron chi connectivity index (χ3n) is 2.81. The molecule has 114 valence electrons. The molecule has 8 heteroatoms. The smallest absolute Gasteiger partial charge is 0.345 e. The average Bonchev–Trinajstić information content (AvgIpc) is 2.77. The number of aliphatic hydroxyl groups excluding tert-OH is 1. The molecule has 0 aliphatic rings. The van der Waals surface area contributed by atoms with Gasteiger partial charge in [-0.25, -0.2) is 13.2 Å². The van der Waals surface area contributed by atoms with Gasteiger partial charge in [-0.15, -0.1) is 11.3 Å². The Labute approximate surface area is 122 Å². The van der Waals surface area contributed by atoms with Gasteiger partial charge in [-0.3, -0.25) is 0 Å². The fourth-order valence-corrected chi connectivity index (χ4v) is 4.63. The summed E-state index contributed by atoms with van der Waals surface area (Å²) in [5, 5.41) is 17.9. The third-order valence-corrected chi connectivity index (χ3v) is 6.00. The van der Waals surface area contributed by atoms with Crippen molar-refractivity contribution in [2.24, 2.45) is 0 Å². The van der Waals surface area contributed by atoms with Crippen LogP contribution in [0.5, 0.6) is 0 Å². The lowest BCUT2D eigenvalue weighted by Gasteiger charge is -2.20. The summed E-state index contributed by atoms with van der Waals surface area (Å²) in [7, 11) is -3.76. The molecule has 0 aliphatic carbocycles. The Bertz CT molecular complexity index is 564. The van der Waals surface area contributed by atoms with Crippen molar-refractivity contribution in [3.63, 3.8) is 0 Å². The number of carbonyl (C=O) groups is 1. The number of aromatic carboxylic acids is 1. The van der Waals surface area contributed by atoms with Crippen LogP contribution in [0.1, 0.15) is 34.3 Å². The van der Waals surface area contributed by atoms with Gasteiger partial charge in [0.1, 0.15) is 4.88 Å². The number of thiophene rings is 1. The molecule has 0 fully saturated rings. The maximum Gasteiger partial charge on any atom is 0.345 e. The zero-order valence-electron chi connectivity index (χ0n) is 11.5. The van der Waals surface area contributed by atoms with Crippen LogP contribution in [0.15, 0.2) is 11.0 Å². The van der Waals surface area contributed by atoms with Crippen LogP contribution < -0.4 is 0 Å². The number of aryl methyl sites for hydroxylation is 1. The van der Waals surface area contributed by atoms with E-state index in [-0.39, 0.29) is 22.9 Å². The van der Waals surface area contributed by atoms with Crippen molar-refractivity contribution in [2.45, 2.75) is 31.6 Å². The van der Waals surface area contributed by atoms with Crippen molar-refractivity contribution in [3.8, 4) is 0 Å². The van der Waals surface area contributed by atoms with E-state index < -0.39 is 16.0 Å². The summed E-state index contributed by atoms with van der Waals surface area (Å²) in [6.07, 6.45) is 1.52. The zero-order chi connectivity index (χ0) is 15.3. The molecule has 0 bridgehead atoms. The number of hydrogen-bond acceptors (Lipinski definition) is 5. The van der Waals surface area contributed by atoms with Gasteiger partial charge in [0, 0.05) is 18.0 Å². The second-order valence-electron chi connectivity index (χ2n) is 4.32. The molecule has 1 aromatic rings. The van der Waals surface area contributed by atoms with E-state index >= 15 is 0 Å². The van der Waals surface area contributed by atoms with Gasteiger partial charge in [0.15, 0.2) is 0 Å². The van der Waals surface area contributed by atoms with Gasteiger partial charge in [0.2, 0.25) is 10.0 Å². The number of nitrogens with zero attached hydrogens (tertiary/aromatic N) is 1. The Hall–Kier alpha value is -0.960. The quantitative estimate of drug-likeness (QED) is 0.757. The molecule has 1 heterocycles. The molecule has 0 saturated carbocycles. The minimum Gasteiger partial charge on any atom is -0.477 e. The summed E-state index contributed by atoms with van der Waals surface area (Å²) in [6.45, 7) is 3.60. The van der Waals surface area contributed by atoms with Crippen LogP contribution in [0.4, 0.5) is 0 Å². The van der Waals surface area contributed by atoms with Gasteiger partial charge < -0.3 is 10.2 Å². The van der Waals surface area contributed by atoms with Crippen molar-refractivity contribution < 1.29 is 23.4 Å². The monoisotopic (exact) mass is 321 g/mol. The van der Waals surface area contributed by atoms with E-state index in [1.165, 1.54) is 10.4 Å². The Kier molecular flexibility index (Phi) is 6.12. The second-order valence-corrected chi connectivity index (χ2v) is 7.48. The van der Waals surface area contributed by atoms with Crippen molar-refractivity contribution >= 4 is 27.3 Å². The van der Waals surface area contributed by atoms with E-state index in [0.29, 0.717) is 17.8 Å². The maximum atomic E-state index is 12.5. The molecule has 0 aromatic carbocycles. The molecule has 0 spiro atoms. The van der Waals surface area contributed by atoms with Crippen molar-refractivity contribution in [2.75, 3.05) is 19.7 Å². The minimum atomic E-state index is -3.76. The highest BCUT2D eigenvalue weighted by Gasteiger charge is 2.28. The van der Waals surface area contributed by atoms with Gasteiger partial charge in [-0.05, 0) is 19.4 Å². The van der Waals surface area contributed by atoms with Crippen LogP contribution in [0.2, 0.25) is 0 Å². The Morgan fingerprint density at radius 2 is 2.05 bits per heavy atom. The summed E-state index contributed by atoms with van der Waals surface area (Å²) in [4.78, 5) is 11.4. The molecule has 0 saturated heterocycles. The highest BCUT2D eigenvalue weighted by molar-refractivity contribution is 7.89.